The topological polar surface area (TPSA) is 0 Å². The zero-order valence-electron chi connectivity index (χ0n) is 25.1. The second-order valence-electron chi connectivity index (χ2n) is 12.4. The van der Waals surface area contributed by atoms with Crippen LogP contribution in [0.15, 0.2) is 180 Å². The van der Waals surface area contributed by atoms with Gasteiger partial charge in [0.05, 0.1) is 5.41 Å². The van der Waals surface area contributed by atoms with Crippen molar-refractivity contribution in [3.05, 3.63) is 192 Å². The standard InChI is InChI=1S/C45H28S/c1-2-15-32(16-3-1)45(40-22-8-6-18-35(40)39-27-29-12-4-5-13-30(29)28-41(39)45)33-17-10-14-31(26-33)34-24-25-43-44-37(34)20-11-21-38(44)36-19-7-9-23-42(36)46-43/h1-28H. The van der Waals surface area contributed by atoms with Crippen LogP contribution in [0, 0.1) is 0 Å². The number of hydrogen-bond donors (Lipinski definition) is 0. The third-order valence-corrected chi connectivity index (χ3v) is 11.3. The maximum atomic E-state index is 2.46. The van der Waals surface area contributed by atoms with Gasteiger partial charge in [-0.25, -0.2) is 0 Å². The van der Waals surface area contributed by atoms with Crippen molar-refractivity contribution in [3.63, 3.8) is 0 Å². The molecule has 1 atom stereocenters. The Labute approximate surface area is 273 Å². The fraction of sp³-hybridized carbons (Fsp3) is 0.0222. The van der Waals surface area contributed by atoms with Crippen LogP contribution in [-0.4, -0.2) is 0 Å². The highest BCUT2D eigenvalue weighted by atomic mass is 32.2. The van der Waals surface area contributed by atoms with Crippen LogP contribution in [-0.2, 0) is 5.41 Å². The number of hydrogen-bond acceptors (Lipinski definition) is 1. The molecule has 1 aliphatic heterocycles. The molecule has 0 nitrogen and oxygen atoms in total. The lowest BCUT2D eigenvalue weighted by molar-refractivity contribution is 0.770. The van der Waals surface area contributed by atoms with E-state index < -0.39 is 5.41 Å². The van der Waals surface area contributed by atoms with Gasteiger partial charge in [0.15, 0.2) is 0 Å². The van der Waals surface area contributed by atoms with E-state index in [4.69, 9.17) is 0 Å². The number of rotatable bonds is 3. The maximum absolute atomic E-state index is 2.46. The van der Waals surface area contributed by atoms with Crippen LogP contribution < -0.4 is 0 Å². The zero-order chi connectivity index (χ0) is 30.2. The first-order valence-corrected chi connectivity index (χ1v) is 16.7. The molecule has 8 aromatic rings. The highest BCUT2D eigenvalue weighted by Crippen LogP contribution is 2.57. The summed E-state index contributed by atoms with van der Waals surface area (Å²) in [6.07, 6.45) is 0. The zero-order valence-corrected chi connectivity index (χ0v) is 25.9. The fourth-order valence-corrected chi connectivity index (χ4v) is 9.32. The van der Waals surface area contributed by atoms with Gasteiger partial charge < -0.3 is 0 Å². The van der Waals surface area contributed by atoms with Gasteiger partial charge in [-0.2, -0.15) is 0 Å². The summed E-state index contributed by atoms with van der Waals surface area (Å²) in [6, 6.07) is 63.4. The summed E-state index contributed by atoms with van der Waals surface area (Å²) in [7, 11) is 0. The van der Waals surface area contributed by atoms with E-state index in [0.717, 1.165) is 0 Å². The first-order valence-electron chi connectivity index (χ1n) is 15.9. The monoisotopic (exact) mass is 600 g/mol. The molecule has 0 saturated carbocycles. The Kier molecular flexibility index (Phi) is 5.53. The van der Waals surface area contributed by atoms with Gasteiger partial charge >= 0.3 is 0 Å². The van der Waals surface area contributed by atoms with E-state index in [1.807, 2.05) is 11.8 Å². The van der Waals surface area contributed by atoms with Crippen LogP contribution >= 0.6 is 11.8 Å². The molecule has 0 saturated heterocycles. The lowest BCUT2D eigenvalue weighted by Gasteiger charge is -2.34. The van der Waals surface area contributed by atoms with Crippen LogP contribution in [0.3, 0.4) is 0 Å². The van der Waals surface area contributed by atoms with Crippen molar-refractivity contribution in [3.8, 4) is 33.4 Å². The molecule has 2 aliphatic rings. The van der Waals surface area contributed by atoms with Gasteiger partial charge in [-0.05, 0) is 102 Å². The minimum atomic E-state index is -0.450. The fourth-order valence-electron chi connectivity index (χ4n) is 8.19. The Morgan fingerprint density at radius 2 is 1.07 bits per heavy atom. The average molecular weight is 601 g/mol. The molecule has 0 bridgehead atoms. The molecule has 214 valence electrons. The molecule has 1 aliphatic carbocycles. The van der Waals surface area contributed by atoms with Gasteiger partial charge in [0, 0.05) is 15.2 Å². The Bertz CT molecular complexity index is 2510. The van der Waals surface area contributed by atoms with E-state index in [2.05, 4.69) is 170 Å². The molecular formula is C45H28S. The molecule has 0 spiro atoms. The summed E-state index contributed by atoms with van der Waals surface area (Å²) >= 11 is 1.88. The van der Waals surface area contributed by atoms with Gasteiger partial charge in [-0.1, -0.05) is 151 Å². The van der Waals surface area contributed by atoms with Crippen molar-refractivity contribution in [1.29, 1.82) is 0 Å². The Balaban J connectivity index is 1.26. The summed E-state index contributed by atoms with van der Waals surface area (Å²) in [5.74, 6) is 0. The van der Waals surface area contributed by atoms with Gasteiger partial charge in [-0.3, -0.25) is 0 Å². The molecule has 1 unspecified atom stereocenters. The smallest absolute Gasteiger partial charge is 0.0713 e. The molecule has 10 rings (SSSR count). The molecule has 0 radical (unpaired) electrons. The molecule has 8 aromatic carbocycles. The van der Waals surface area contributed by atoms with Crippen molar-refractivity contribution in [1.82, 2.24) is 0 Å². The Morgan fingerprint density at radius 1 is 0.370 bits per heavy atom. The summed E-state index contributed by atoms with van der Waals surface area (Å²) in [5.41, 5.74) is 12.6. The highest BCUT2D eigenvalue weighted by Gasteiger charge is 2.46. The first-order chi connectivity index (χ1) is 22.8. The van der Waals surface area contributed by atoms with E-state index in [0.29, 0.717) is 0 Å². The predicted octanol–water partition coefficient (Wildman–Crippen LogP) is 12.2. The van der Waals surface area contributed by atoms with Crippen molar-refractivity contribution < 1.29 is 0 Å². The molecule has 1 heteroatoms. The van der Waals surface area contributed by atoms with Crippen LogP contribution in [0.5, 0.6) is 0 Å². The van der Waals surface area contributed by atoms with Crippen LogP contribution in [0.2, 0.25) is 0 Å². The van der Waals surface area contributed by atoms with Gasteiger partial charge in [0.2, 0.25) is 0 Å². The SMILES string of the molecule is c1ccc(C2(c3cccc(-c4ccc5c6c(cccc46)-c4ccccc4S5)c3)c3ccccc3-c3cc4ccccc4cc32)cc1. The van der Waals surface area contributed by atoms with Crippen LogP contribution in [0.4, 0.5) is 0 Å². The minimum Gasteiger partial charge on any atom is -0.0888 e. The van der Waals surface area contributed by atoms with Gasteiger partial charge in [-0.15, -0.1) is 0 Å². The number of fused-ring (bicyclic) bond motifs is 6. The largest absolute Gasteiger partial charge is 0.0888 e. The first kappa shape index (κ1) is 25.9. The van der Waals surface area contributed by atoms with Gasteiger partial charge in [0.25, 0.3) is 0 Å². The summed E-state index contributed by atoms with van der Waals surface area (Å²) < 4.78 is 0. The van der Waals surface area contributed by atoms with E-state index in [1.165, 1.54) is 87.0 Å². The van der Waals surface area contributed by atoms with Crippen LogP contribution in [0.25, 0.3) is 54.9 Å². The minimum absolute atomic E-state index is 0.450. The lowest BCUT2D eigenvalue weighted by Crippen LogP contribution is -2.28. The maximum Gasteiger partial charge on any atom is 0.0713 e. The second kappa shape index (κ2) is 9.81. The summed E-state index contributed by atoms with van der Waals surface area (Å²) in [4.78, 5) is 2.66. The average Bonchev–Trinajstić information content (AvgIpc) is 3.41. The molecule has 46 heavy (non-hydrogen) atoms. The normalized spacial score (nSPS) is 15.8. The Hall–Kier alpha value is -5.37. The molecule has 0 N–H and O–H groups in total. The van der Waals surface area contributed by atoms with Crippen molar-refractivity contribution in [2.24, 2.45) is 0 Å². The van der Waals surface area contributed by atoms with Crippen molar-refractivity contribution in [2.45, 2.75) is 15.2 Å². The van der Waals surface area contributed by atoms with Crippen molar-refractivity contribution >= 4 is 33.3 Å². The third kappa shape index (κ3) is 3.52. The van der Waals surface area contributed by atoms with E-state index >= 15 is 0 Å². The van der Waals surface area contributed by atoms with Gasteiger partial charge in [0.1, 0.15) is 0 Å². The summed E-state index contributed by atoms with van der Waals surface area (Å²) in [6.45, 7) is 0. The quantitative estimate of drug-likeness (QED) is 0.194. The third-order valence-electron chi connectivity index (χ3n) is 10.1. The second-order valence-corrected chi connectivity index (χ2v) is 13.5. The number of benzene rings is 8. The van der Waals surface area contributed by atoms with E-state index in [-0.39, 0.29) is 0 Å². The van der Waals surface area contributed by atoms with E-state index in [1.54, 1.807) is 0 Å². The molecule has 1 heterocycles. The highest BCUT2D eigenvalue weighted by molar-refractivity contribution is 7.99. The van der Waals surface area contributed by atoms with Crippen molar-refractivity contribution in [2.75, 3.05) is 0 Å². The van der Waals surface area contributed by atoms with Crippen LogP contribution in [0.1, 0.15) is 22.3 Å². The molecule has 0 amide bonds. The summed E-state index contributed by atoms with van der Waals surface area (Å²) in [5, 5.41) is 5.21. The molecule has 0 aromatic heterocycles. The predicted molar refractivity (Wildman–Crippen MR) is 194 cm³/mol. The molecule has 0 fully saturated rings. The Morgan fingerprint density at radius 3 is 1.96 bits per heavy atom. The lowest BCUT2D eigenvalue weighted by atomic mass is 9.67. The van der Waals surface area contributed by atoms with E-state index in [9.17, 15) is 0 Å². The molecular weight excluding hydrogens is 573 g/mol.